The van der Waals surface area contributed by atoms with Crippen LogP contribution >= 0.6 is 0 Å². The fourth-order valence-corrected chi connectivity index (χ4v) is 3.25. The summed E-state index contributed by atoms with van der Waals surface area (Å²) in [6, 6.07) is 18.4. The van der Waals surface area contributed by atoms with Crippen LogP contribution in [-0.4, -0.2) is 12.8 Å². The molecule has 1 aliphatic rings. The highest BCUT2D eigenvalue weighted by Crippen LogP contribution is 2.36. The van der Waals surface area contributed by atoms with Gasteiger partial charge in [0.15, 0.2) is 0 Å². The molecule has 0 amide bonds. The molecular formula is C20H23NO2. The predicted octanol–water partition coefficient (Wildman–Crippen LogP) is 3.82. The Morgan fingerprint density at radius 2 is 1.65 bits per heavy atom. The van der Waals surface area contributed by atoms with Gasteiger partial charge >= 0.3 is 0 Å². The van der Waals surface area contributed by atoms with E-state index in [0.29, 0.717) is 25.2 Å². The van der Waals surface area contributed by atoms with Gasteiger partial charge in [0, 0.05) is 18.4 Å². The monoisotopic (exact) mass is 309 g/mol. The Kier molecular flexibility index (Phi) is 4.77. The van der Waals surface area contributed by atoms with Gasteiger partial charge in [0.05, 0.1) is 0 Å². The van der Waals surface area contributed by atoms with E-state index < -0.39 is 0 Å². The number of nitrogens with one attached hydrogen (secondary N) is 1. The van der Waals surface area contributed by atoms with Crippen molar-refractivity contribution in [1.29, 1.82) is 0 Å². The van der Waals surface area contributed by atoms with Crippen molar-refractivity contribution in [1.82, 2.24) is 5.32 Å². The molecule has 2 aromatic rings. The van der Waals surface area contributed by atoms with Crippen LogP contribution in [0.5, 0.6) is 5.75 Å². The second-order valence-corrected chi connectivity index (χ2v) is 6.17. The zero-order valence-corrected chi connectivity index (χ0v) is 13.5. The number of ether oxygens (including phenoxy) is 1. The Morgan fingerprint density at radius 1 is 1.00 bits per heavy atom. The number of ketones is 1. The quantitative estimate of drug-likeness (QED) is 0.912. The van der Waals surface area contributed by atoms with Crippen molar-refractivity contribution in [2.45, 2.75) is 37.8 Å². The smallest absolute Gasteiger partial charge is 0.133 e. The minimum atomic E-state index is -0.0775. The van der Waals surface area contributed by atoms with Crippen molar-refractivity contribution in [3.05, 3.63) is 65.7 Å². The lowest BCUT2D eigenvalue weighted by Gasteiger charge is -2.37. The van der Waals surface area contributed by atoms with E-state index in [1.165, 1.54) is 5.56 Å². The van der Waals surface area contributed by atoms with Crippen molar-refractivity contribution in [3.63, 3.8) is 0 Å². The first-order chi connectivity index (χ1) is 11.2. The Balaban J connectivity index is 1.67. The number of benzene rings is 2. The lowest BCUT2D eigenvalue weighted by Crippen LogP contribution is -2.43. The summed E-state index contributed by atoms with van der Waals surface area (Å²) in [7, 11) is 1.98. The number of carbonyl (C=O) groups excluding carboxylic acids is 1. The number of Topliss-reactive ketones (excluding diaryl/α,β-unsaturated/α-hetero) is 1. The average Bonchev–Trinajstić information content (AvgIpc) is 2.62. The van der Waals surface area contributed by atoms with Crippen molar-refractivity contribution in [2.75, 3.05) is 7.05 Å². The van der Waals surface area contributed by atoms with Crippen molar-refractivity contribution >= 4 is 5.78 Å². The third-order valence-corrected chi connectivity index (χ3v) is 4.80. The van der Waals surface area contributed by atoms with E-state index in [4.69, 9.17) is 4.74 Å². The number of rotatable bonds is 5. The summed E-state index contributed by atoms with van der Waals surface area (Å²) in [4.78, 5) is 11.5. The molecular weight excluding hydrogens is 286 g/mol. The molecule has 120 valence electrons. The normalized spacial score (nSPS) is 17.0. The molecule has 0 radical (unpaired) electrons. The third-order valence-electron chi connectivity index (χ3n) is 4.80. The van der Waals surface area contributed by atoms with E-state index in [1.54, 1.807) is 0 Å². The van der Waals surface area contributed by atoms with E-state index in [1.807, 2.05) is 37.4 Å². The first kappa shape index (κ1) is 15.8. The molecule has 0 spiro atoms. The summed E-state index contributed by atoms with van der Waals surface area (Å²) >= 11 is 0. The summed E-state index contributed by atoms with van der Waals surface area (Å²) in [5.41, 5.74) is 2.32. The molecule has 1 N–H and O–H groups in total. The van der Waals surface area contributed by atoms with Crippen LogP contribution in [0.1, 0.15) is 36.8 Å². The van der Waals surface area contributed by atoms with Crippen LogP contribution in [0.4, 0.5) is 0 Å². The van der Waals surface area contributed by atoms with Gasteiger partial charge in [0.1, 0.15) is 18.1 Å². The molecule has 0 atom stereocenters. The van der Waals surface area contributed by atoms with Crippen molar-refractivity contribution < 1.29 is 9.53 Å². The van der Waals surface area contributed by atoms with Gasteiger partial charge in [-0.25, -0.2) is 0 Å². The van der Waals surface area contributed by atoms with Crippen LogP contribution in [0.3, 0.4) is 0 Å². The van der Waals surface area contributed by atoms with Gasteiger partial charge in [-0.05, 0) is 43.1 Å². The summed E-state index contributed by atoms with van der Waals surface area (Å²) < 4.78 is 5.84. The van der Waals surface area contributed by atoms with E-state index >= 15 is 0 Å². The van der Waals surface area contributed by atoms with Crippen molar-refractivity contribution in [3.8, 4) is 5.75 Å². The van der Waals surface area contributed by atoms with E-state index in [0.717, 1.165) is 24.2 Å². The van der Waals surface area contributed by atoms with Crippen LogP contribution in [0.25, 0.3) is 0 Å². The number of carbonyl (C=O) groups is 1. The molecule has 23 heavy (non-hydrogen) atoms. The lowest BCUT2D eigenvalue weighted by atomic mass is 9.76. The Bertz CT molecular complexity index is 639. The van der Waals surface area contributed by atoms with E-state index in [-0.39, 0.29) is 5.54 Å². The average molecular weight is 309 g/mol. The molecule has 3 nitrogen and oxygen atoms in total. The van der Waals surface area contributed by atoms with Gasteiger partial charge in [0.2, 0.25) is 0 Å². The van der Waals surface area contributed by atoms with Crippen LogP contribution in [0.15, 0.2) is 54.6 Å². The lowest BCUT2D eigenvalue weighted by molar-refractivity contribution is -0.121. The van der Waals surface area contributed by atoms with Gasteiger partial charge in [-0.15, -0.1) is 0 Å². The topological polar surface area (TPSA) is 38.3 Å². The highest BCUT2D eigenvalue weighted by molar-refractivity contribution is 5.79. The summed E-state index contributed by atoms with van der Waals surface area (Å²) in [5.74, 6) is 1.24. The molecule has 3 heteroatoms. The molecule has 0 aliphatic heterocycles. The first-order valence-corrected chi connectivity index (χ1v) is 8.20. The number of hydrogen-bond acceptors (Lipinski definition) is 3. The standard InChI is InChI=1S/C20H23NO2/c1-21-20(13-11-18(22)12-14-20)17-7-9-19(10-8-17)23-15-16-5-3-2-4-6-16/h2-10,21H,11-15H2,1H3. The molecule has 0 aromatic heterocycles. The minimum Gasteiger partial charge on any atom is -0.489 e. The van der Waals surface area contributed by atoms with Gasteiger partial charge in [-0.2, -0.15) is 0 Å². The molecule has 0 saturated heterocycles. The molecule has 0 heterocycles. The molecule has 3 rings (SSSR count). The maximum Gasteiger partial charge on any atom is 0.133 e. The second-order valence-electron chi connectivity index (χ2n) is 6.17. The predicted molar refractivity (Wildman–Crippen MR) is 91.4 cm³/mol. The molecule has 0 bridgehead atoms. The third kappa shape index (κ3) is 3.62. The van der Waals surface area contributed by atoms with Crippen LogP contribution < -0.4 is 10.1 Å². The van der Waals surface area contributed by atoms with Gasteiger partial charge in [0.25, 0.3) is 0 Å². The van der Waals surface area contributed by atoms with Gasteiger partial charge < -0.3 is 10.1 Å². The van der Waals surface area contributed by atoms with Crippen LogP contribution in [0, 0.1) is 0 Å². The maximum absolute atomic E-state index is 11.5. The van der Waals surface area contributed by atoms with Crippen LogP contribution in [0.2, 0.25) is 0 Å². The minimum absolute atomic E-state index is 0.0775. The molecule has 2 aromatic carbocycles. The summed E-state index contributed by atoms with van der Waals surface area (Å²) in [6.07, 6.45) is 3.05. The molecule has 1 saturated carbocycles. The summed E-state index contributed by atoms with van der Waals surface area (Å²) in [6.45, 7) is 0.575. The summed E-state index contributed by atoms with van der Waals surface area (Å²) in [5, 5.41) is 3.44. The zero-order chi connectivity index (χ0) is 16.1. The first-order valence-electron chi connectivity index (χ1n) is 8.20. The fourth-order valence-electron chi connectivity index (χ4n) is 3.25. The fraction of sp³-hybridized carbons (Fsp3) is 0.350. The Labute approximate surface area is 137 Å². The highest BCUT2D eigenvalue weighted by atomic mass is 16.5. The Morgan fingerprint density at radius 3 is 2.26 bits per heavy atom. The van der Waals surface area contributed by atoms with E-state index in [9.17, 15) is 4.79 Å². The Hall–Kier alpha value is -2.13. The van der Waals surface area contributed by atoms with Gasteiger partial charge in [-0.3, -0.25) is 4.79 Å². The van der Waals surface area contributed by atoms with Crippen molar-refractivity contribution in [2.24, 2.45) is 0 Å². The zero-order valence-electron chi connectivity index (χ0n) is 13.5. The second kappa shape index (κ2) is 6.97. The molecule has 0 unspecified atom stereocenters. The van der Waals surface area contributed by atoms with E-state index in [2.05, 4.69) is 29.6 Å². The van der Waals surface area contributed by atoms with Crippen LogP contribution in [-0.2, 0) is 16.9 Å². The SMILES string of the molecule is CNC1(c2ccc(OCc3ccccc3)cc2)CCC(=O)CC1. The molecule has 1 fully saturated rings. The largest absolute Gasteiger partial charge is 0.489 e. The molecule has 1 aliphatic carbocycles. The highest BCUT2D eigenvalue weighted by Gasteiger charge is 2.34. The van der Waals surface area contributed by atoms with Gasteiger partial charge in [-0.1, -0.05) is 42.5 Å². The maximum atomic E-state index is 11.5. The number of hydrogen-bond donors (Lipinski definition) is 1.